The first kappa shape index (κ1) is 12.0. The third kappa shape index (κ3) is 2.48. The Bertz CT molecular complexity index is 186. The summed E-state index contributed by atoms with van der Waals surface area (Å²) in [6, 6.07) is 0. The summed E-state index contributed by atoms with van der Waals surface area (Å²) in [5, 5.41) is 1.47. The Morgan fingerprint density at radius 2 is 1.38 bits per heavy atom. The molecule has 0 unspecified atom stereocenters. The minimum atomic E-state index is 0.734. The van der Waals surface area contributed by atoms with Gasteiger partial charge in [0.15, 0.2) is 0 Å². The molecule has 0 aromatic rings. The second-order valence-corrected chi connectivity index (χ2v) is 6.73. The van der Waals surface area contributed by atoms with Gasteiger partial charge in [-0.25, -0.2) is 11.5 Å². The summed E-state index contributed by atoms with van der Waals surface area (Å²) in [5.74, 6) is 0. The van der Waals surface area contributed by atoms with E-state index in [1.165, 1.54) is 12.8 Å². The molecule has 0 atom stereocenters. The van der Waals surface area contributed by atoms with Crippen LogP contribution in [0.3, 0.4) is 0 Å². The van der Waals surface area contributed by atoms with Crippen molar-refractivity contribution in [3.8, 4) is 0 Å². The zero-order chi connectivity index (χ0) is 9.84. The molecule has 0 aromatic heterocycles. The predicted octanol–water partition coefficient (Wildman–Crippen LogP) is 3.63. The minimum absolute atomic E-state index is 0.734. The molecule has 72 valence electrons. The van der Waals surface area contributed by atoms with Crippen molar-refractivity contribution in [3.63, 3.8) is 0 Å². The number of rotatable bonds is 4. The van der Waals surface area contributed by atoms with Gasteiger partial charge in [-0.3, -0.25) is 0 Å². The fraction of sp³-hybridized carbons (Fsp3) is 0.750. The lowest BCUT2D eigenvalue weighted by molar-refractivity contribution is 1.11. The maximum Gasteiger partial charge on any atom is 0.293 e. The first-order chi connectivity index (χ1) is 6.28. The number of hydrogen-bond acceptors (Lipinski definition) is 3. The Morgan fingerprint density at radius 1 is 1.00 bits per heavy atom. The van der Waals surface area contributed by atoms with Crippen LogP contribution in [-0.2, 0) is 0 Å². The van der Waals surface area contributed by atoms with Crippen LogP contribution in [-0.4, -0.2) is 23.1 Å². The fourth-order valence-electron chi connectivity index (χ4n) is 1.76. The molecule has 1 heterocycles. The molecule has 1 aliphatic rings. The Hall–Kier alpha value is 0.920. The van der Waals surface area contributed by atoms with Gasteiger partial charge >= 0.3 is 0 Å². The van der Waals surface area contributed by atoms with Gasteiger partial charge in [-0.05, 0) is 25.4 Å². The van der Waals surface area contributed by atoms with Crippen molar-refractivity contribution in [3.05, 3.63) is 10.9 Å². The van der Waals surface area contributed by atoms with E-state index in [9.17, 15) is 0 Å². The summed E-state index contributed by atoms with van der Waals surface area (Å²) in [5.41, 5.74) is 3.42. The highest BCUT2D eigenvalue weighted by atomic mass is 32.2. The first-order valence-corrected chi connectivity index (χ1v) is 8.23. The summed E-state index contributed by atoms with van der Waals surface area (Å²) in [4.78, 5) is 0. The maximum atomic E-state index is 2.29. The lowest BCUT2D eigenvalue weighted by Crippen LogP contribution is -2.03. The SMILES string of the molecule is CCC1=C(CC)B(SC)SB1SC. The molecule has 0 amide bonds. The van der Waals surface area contributed by atoms with Crippen LogP contribution in [0.15, 0.2) is 10.9 Å². The highest BCUT2D eigenvalue weighted by Gasteiger charge is 2.36. The average molecular weight is 230 g/mol. The molecular formula is C8H16B2S3. The standard InChI is InChI=1S/C8H16B2S3/c1-5-7-8(6-2)10(12-4)13-9(7)11-3/h5-6H2,1-4H3. The van der Waals surface area contributed by atoms with E-state index in [-0.39, 0.29) is 0 Å². The van der Waals surface area contributed by atoms with Crippen LogP contribution in [0, 0.1) is 0 Å². The van der Waals surface area contributed by atoms with Crippen LogP contribution in [0.1, 0.15) is 26.7 Å². The molecule has 0 N–H and O–H groups in total. The van der Waals surface area contributed by atoms with E-state index in [0.717, 1.165) is 10.5 Å². The average Bonchev–Trinajstić information content (AvgIpc) is 2.54. The molecule has 5 heteroatoms. The molecule has 0 saturated carbocycles. The Kier molecular flexibility index (Phi) is 5.27. The van der Waals surface area contributed by atoms with Gasteiger partial charge in [0.1, 0.15) is 0 Å². The Labute approximate surface area is 95.2 Å². The molecule has 0 radical (unpaired) electrons. The third-order valence-electron chi connectivity index (χ3n) is 2.42. The summed E-state index contributed by atoms with van der Waals surface area (Å²) < 4.78 is 0. The van der Waals surface area contributed by atoms with Crippen LogP contribution in [0.5, 0.6) is 0 Å². The number of allylic oxidation sites excluding steroid dienone is 2. The zero-order valence-corrected chi connectivity index (χ0v) is 11.2. The Balaban J connectivity index is 2.84. The molecule has 1 aliphatic heterocycles. The monoisotopic (exact) mass is 230 g/mol. The molecule has 0 aromatic carbocycles. The van der Waals surface area contributed by atoms with Crippen molar-refractivity contribution < 1.29 is 0 Å². The fourth-order valence-corrected chi connectivity index (χ4v) is 5.92. The lowest BCUT2D eigenvalue weighted by atomic mass is 9.76. The van der Waals surface area contributed by atoms with Crippen LogP contribution in [0.25, 0.3) is 0 Å². The van der Waals surface area contributed by atoms with Crippen molar-refractivity contribution in [2.45, 2.75) is 26.7 Å². The van der Waals surface area contributed by atoms with E-state index in [2.05, 4.69) is 37.8 Å². The van der Waals surface area contributed by atoms with Gasteiger partial charge in [0, 0.05) is 0 Å². The molecule has 0 saturated heterocycles. The van der Waals surface area contributed by atoms with Gasteiger partial charge in [-0.1, -0.05) is 24.8 Å². The Morgan fingerprint density at radius 3 is 1.62 bits per heavy atom. The summed E-state index contributed by atoms with van der Waals surface area (Å²) in [6.07, 6.45) is 6.92. The third-order valence-corrected chi connectivity index (χ3v) is 6.73. The molecule has 0 aliphatic carbocycles. The minimum Gasteiger partial charge on any atom is -0.221 e. The molecule has 0 bridgehead atoms. The van der Waals surface area contributed by atoms with Gasteiger partial charge in [0.05, 0.1) is 0 Å². The van der Waals surface area contributed by atoms with Crippen LogP contribution < -0.4 is 0 Å². The van der Waals surface area contributed by atoms with Gasteiger partial charge in [-0.2, -0.15) is 23.2 Å². The van der Waals surface area contributed by atoms with E-state index in [1.54, 1.807) is 10.9 Å². The van der Waals surface area contributed by atoms with Crippen molar-refractivity contribution >= 4 is 45.2 Å². The lowest BCUT2D eigenvalue weighted by Gasteiger charge is -2.06. The van der Waals surface area contributed by atoms with Crippen LogP contribution in [0.2, 0.25) is 0 Å². The van der Waals surface area contributed by atoms with E-state index in [4.69, 9.17) is 0 Å². The second kappa shape index (κ2) is 5.72. The molecule has 13 heavy (non-hydrogen) atoms. The van der Waals surface area contributed by atoms with Crippen molar-refractivity contribution in [2.75, 3.05) is 12.5 Å². The van der Waals surface area contributed by atoms with Crippen LogP contribution >= 0.6 is 34.7 Å². The van der Waals surface area contributed by atoms with Crippen molar-refractivity contribution in [1.82, 2.24) is 0 Å². The summed E-state index contributed by atoms with van der Waals surface area (Å²) in [7, 11) is 0. The molecule has 0 nitrogen and oxygen atoms in total. The highest BCUT2D eigenvalue weighted by molar-refractivity contribution is 8.74. The van der Waals surface area contributed by atoms with Crippen molar-refractivity contribution in [2.24, 2.45) is 0 Å². The van der Waals surface area contributed by atoms with Gasteiger partial charge < -0.3 is 0 Å². The molecule has 0 fully saturated rings. The number of hydrogen-bond donors (Lipinski definition) is 0. The van der Waals surface area contributed by atoms with Gasteiger partial charge in [-0.15, -0.1) is 0 Å². The highest BCUT2D eigenvalue weighted by Crippen LogP contribution is 2.44. The predicted molar refractivity (Wildman–Crippen MR) is 73.7 cm³/mol. The van der Waals surface area contributed by atoms with E-state index < -0.39 is 0 Å². The van der Waals surface area contributed by atoms with Crippen molar-refractivity contribution in [1.29, 1.82) is 0 Å². The van der Waals surface area contributed by atoms with E-state index in [0.29, 0.717) is 0 Å². The van der Waals surface area contributed by atoms with E-state index in [1.807, 2.05) is 23.2 Å². The largest absolute Gasteiger partial charge is 0.293 e. The molecular weight excluding hydrogens is 214 g/mol. The van der Waals surface area contributed by atoms with E-state index >= 15 is 0 Å². The second-order valence-electron chi connectivity index (χ2n) is 3.03. The summed E-state index contributed by atoms with van der Waals surface area (Å²) in [6.45, 7) is 4.58. The topological polar surface area (TPSA) is 0 Å². The molecule has 1 rings (SSSR count). The summed E-state index contributed by atoms with van der Waals surface area (Å²) >= 11 is 6.12. The normalized spacial score (nSPS) is 17.5. The maximum absolute atomic E-state index is 2.29. The quantitative estimate of drug-likeness (QED) is 0.676. The van der Waals surface area contributed by atoms with Gasteiger partial charge in [0.2, 0.25) is 0 Å². The smallest absolute Gasteiger partial charge is 0.221 e. The molecule has 0 spiro atoms. The zero-order valence-electron chi connectivity index (χ0n) is 8.79. The van der Waals surface area contributed by atoms with Crippen LogP contribution in [0.4, 0.5) is 0 Å². The first-order valence-electron chi connectivity index (χ1n) is 4.71. The van der Waals surface area contributed by atoms with Gasteiger partial charge in [0.25, 0.3) is 10.5 Å².